The van der Waals surface area contributed by atoms with Crippen LogP contribution >= 0.6 is 0 Å². The highest BCUT2D eigenvalue weighted by molar-refractivity contribution is 5.95. The van der Waals surface area contributed by atoms with Crippen LogP contribution in [0.3, 0.4) is 0 Å². The summed E-state index contributed by atoms with van der Waals surface area (Å²) in [4.78, 5) is 24.0. The lowest BCUT2D eigenvalue weighted by molar-refractivity contribution is 0.0517. The number of carbonyl (C=O) groups is 2. The number of hydrogen-bond donors (Lipinski definition) is 2. The van der Waals surface area contributed by atoms with Crippen molar-refractivity contribution < 1.29 is 18.7 Å². The van der Waals surface area contributed by atoms with Crippen LogP contribution in [0.5, 0.6) is 0 Å². The molecule has 1 fully saturated rings. The second-order valence-corrected chi connectivity index (χ2v) is 7.04. The Labute approximate surface area is 137 Å². The first-order chi connectivity index (χ1) is 10.8. The topological polar surface area (TPSA) is 80.6 Å². The van der Waals surface area contributed by atoms with Crippen LogP contribution in [0.1, 0.15) is 56.2 Å². The molecule has 0 spiro atoms. The maximum Gasteiger partial charge on any atom is 0.407 e. The van der Waals surface area contributed by atoms with E-state index < -0.39 is 11.7 Å². The number of nitrogens with one attached hydrogen (secondary N) is 2. The number of ether oxygens (including phenoxy) is 1. The Bertz CT molecular complexity index is 559. The molecule has 6 nitrogen and oxygen atoms in total. The van der Waals surface area contributed by atoms with Crippen LogP contribution in [0.2, 0.25) is 0 Å². The fourth-order valence-electron chi connectivity index (χ4n) is 2.87. The predicted octanol–water partition coefficient (Wildman–Crippen LogP) is 3.01. The molecule has 23 heavy (non-hydrogen) atoms. The molecule has 0 aliphatic heterocycles. The fraction of sp³-hybridized carbons (Fsp3) is 0.647. The lowest BCUT2D eigenvalue weighted by Crippen LogP contribution is -2.43. The second kappa shape index (κ2) is 7.06. The van der Waals surface area contributed by atoms with Crippen LogP contribution in [-0.2, 0) is 4.74 Å². The number of furan rings is 1. The van der Waals surface area contributed by atoms with Crippen molar-refractivity contribution >= 4 is 12.0 Å². The molecule has 0 radical (unpaired) electrons. The van der Waals surface area contributed by atoms with Gasteiger partial charge < -0.3 is 19.8 Å². The first-order valence-corrected chi connectivity index (χ1v) is 8.08. The molecule has 1 saturated carbocycles. The van der Waals surface area contributed by atoms with Crippen LogP contribution in [0, 0.1) is 12.8 Å². The van der Waals surface area contributed by atoms with E-state index in [0.717, 1.165) is 19.3 Å². The van der Waals surface area contributed by atoms with E-state index in [2.05, 4.69) is 10.6 Å². The summed E-state index contributed by atoms with van der Waals surface area (Å²) < 4.78 is 10.4. The predicted molar refractivity (Wildman–Crippen MR) is 86.3 cm³/mol. The quantitative estimate of drug-likeness (QED) is 0.893. The first-order valence-electron chi connectivity index (χ1n) is 8.08. The minimum Gasteiger partial charge on any atom is -0.469 e. The van der Waals surface area contributed by atoms with Crippen molar-refractivity contribution in [3.05, 3.63) is 23.7 Å². The number of amides is 2. The molecule has 2 amide bonds. The molecule has 2 N–H and O–H groups in total. The van der Waals surface area contributed by atoms with Gasteiger partial charge in [-0.2, -0.15) is 0 Å². The standard InChI is InChI=1S/C17H26N2O4/c1-11-13(8-9-22-11)15(20)19-14-7-5-6-12(14)10-18-16(21)23-17(2,3)4/h8-9,12,14H,5-7,10H2,1-4H3,(H,18,21)(H,19,20)/t12-,14+/m1/s1. The zero-order valence-corrected chi connectivity index (χ0v) is 14.3. The van der Waals surface area contributed by atoms with Gasteiger partial charge in [-0.15, -0.1) is 0 Å². The molecule has 1 aliphatic carbocycles. The van der Waals surface area contributed by atoms with Crippen molar-refractivity contribution in [3.63, 3.8) is 0 Å². The molecule has 0 aromatic carbocycles. The van der Waals surface area contributed by atoms with Crippen molar-refractivity contribution in [1.82, 2.24) is 10.6 Å². The summed E-state index contributed by atoms with van der Waals surface area (Å²) >= 11 is 0. The van der Waals surface area contributed by atoms with Gasteiger partial charge in [-0.05, 0) is 52.5 Å². The van der Waals surface area contributed by atoms with Crippen molar-refractivity contribution in [3.8, 4) is 0 Å². The maximum atomic E-state index is 12.3. The van der Waals surface area contributed by atoms with Crippen LogP contribution < -0.4 is 10.6 Å². The average molecular weight is 322 g/mol. The van der Waals surface area contributed by atoms with Gasteiger partial charge in [0.2, 0.25) is 0 Å². The Hall–Kier alpha value is -1.98. The zero-order chi connectivity index (χ0) is 17.0. The highest BCUT2D eigenvalue weighted by Crippen LogP contribution is 2.26. The van der Waals surface area contributed by atoms with E-state index in [1.165, 1.54) is 6.26 Å². The van der Waals surface area contributed by atoms with Crippen molar-refractivity contribution in [2.24, 2.45) is 5.92 Å². The summed E-state index contributed by atoms with van der Waals surface area (Å²) in [5.74, 6) is 0.716. The van der Waals surface area contributed by atoms with Crippen LogP contribution in [-0.4, -0.2) is 30.2 Å². The molecule has 0 unspecified atom stereocenters. The van der Waals surface area contributed by atoms with Gasteiger partial charge in [0.25, 0.3) is 5.91 Å². The van der Waals surface area contributed by atoms with E-state index in [4.69, 9.17) is 9.15 Å². The molecular weight excluding hydrogens is 296 g/mol. The number of alkyl carbamates (subject to hydrolysis) is 1. The number of aryl methyl sites for hydroxylation is 1. The summed E-state index contributed by atoms with van der Waals surface area (Å²) in [6, 6.07) is 1.74. The van der Waals surface area contributed by atoms with Gasteiger partial charge in [0, 0.05) is 12.6 Å². The van der Waals surface area contributed by atoms with Gasteiger partial charge in [-0.1, -0.05) is 6.42 Å². The normalized spacial score (nSPS) is 21.0. The van der Waals surface area contributed by atoms with Gasteiger partial charge >= 0.3 is 6.09 Å². The zero-order valence-electron chi connectivity index (χ0n) is 14.3. The van der Waals surface area contributed by atoms with E-state index in [9.17, 15) is 9.59 Å². The van der Waals surface area contributed by atoms with E-state index in [1.807, 2.05) is 20.8 Å². The summed E-state index contributed by atoms with van der Waals surface area (Å²) in [6.45, 7) is 7.77. The van der Waals surface area contributed by atoms with Gasteiger partial charge in [0.15, 0.2) is 0 Å². The molecule has 1 aliphatic rings. The van der Waals surface area contributed by atoms with E-state index in [-0.39, 0.29) is 17.9 Å². The van der Waals surface area contributed by atoms with Gasteiger partial charge in [0.05, 0.1) is 11.8 Å². The molecule has 6 heteroatoms. The fourth-order valence-corrected chi connectivity index (χ4v) is 2.87. The van der Waals surface area contributed by atoms with Crippen LogP contribution in [0.15, 0.2) is 16.7 Å². The van der Waals surface area contributed by atoms with Crippen LogP contribution in [0.4, 0.5) is 4.79 Å². The SMILES string of the molecule is Cc1occc1C(=O)N[C@H]1CCC[C@@H]1CNC(=O)OC(C)(C)C. The van der Waals surface area contributed by atoms with Crippen molar-refractivity contribution in [2.45, 2.75) is 58.6 Å². The van der Waals surface area contributed by atoms with Gasteiger partial charge in [0.1, 0.15) is 11.4 Å². The molecule has 128 valence electrons. The highest BCUT2D eigenvalue weighted by atomic mass is 16.6. The van der Waals surface area contributed by atoms with Crippen molar-refractivity contribution in [2.75, 3.05) is 6.54 Å². The van der Waals surface area contributed by atoms with E-state index in [0.29, 0.717) is 17.9 Å². The largest absolute Gasteiger partial charge is 0.469 e. The van der Waals surface area contributed by atoms with Gasteiger partial charge in [-0.3, -0.25) is 4.79 Å². The summed E-state index contributed by atoms with van der Waals surface area (Å²) in [6.07, 6.45) is 4.03. The number of rotatable bonds is 4. The van der Waals surface area contributed by atoms with E-state index in [1.54, 1.807) is 13.0 Å². The molecule has 1 aromatic heterocycles. The van der Waals surface area contributed by atoms with Crippen molar-refractivity contribution in [1.29, 1.82) is 0 Å². The molecule has 2 rings (SSSR count). The molecule has 0 bridgehead atoms. The summed E-state index contributed by atoms with van der Waals surface area (Å²) in [5, 5.41) is 5.85. The first kappa shape index (κ1) is 17.4. The summed E-state index contributed by atoms with van der Waals surface area (Å²) in [7, 11) is 0. The second-order valence-electron chi connectivity index (χ2n) is 7.04. The lowest BCUT2D eigenvalue weighted by Gasteiger charge is -2.23. The maximum absolute atomic E-state index is 12.3. The molecular formula is C17H26N2O4. The Kier molecular flexibility index (Phi) is 5.34. The smallest absolute Gasteiger partial charge is 0.407 e. The Morgan fingerprint density at radius 1 is 1.35 bits per heavy atom. The molecule has 1 heterocycles. The van der Waals surface area contributed by atoms with Gasteiger partial charge in [-0.25, -0.2) is 4.79 Å². The third kappa shape index (κ3) is 5.01. The summed E-state index contributed by atoms with van der Waals surface area (Å²) in [5.41, 5.74) is 0.0578. The van der Waals surface area contributed by atoms with E-state index >= 15 is 0 Å². The Morgan fingerprint density at radius 2 is 2.09 bits per heavy atom. The third-order valence-electron chi connectivity index (χ3n) is 3.99. The lowest BCUT2D eigenvalue weighted by atomic mass is 10.0. The highest BCUT2D eigenvalue weighted by Gasteiger charge is 2.30. The third-order valence-corrected chi connectivity index (χ3v) is 3.99. The number of hydrogen-bond acceptors (Lipinski definition) is 4. The minimum absolute atomic E-state index is 0.0618. The monoisotopic (exact) mass is 322 g/mol. The molecule has 2 atom stereocenters. The van der Waals surface area contributed by atoms with Crippen LogP contribution in [0.25, 0.3) is 0 Å². The molecule has 1 aromatic rings. The Balaban J connectivity index is 1.84. The minimum atomic E-state index is -0.508. The number of carbonyl (C=O) groups excluding carboxylic acids is 2. The Morgan fingerprint density at radius 3 is 2.70 bits per heavy atom. The molecule has 0 saturated heterocycles. The average Bonchev–Trinajstić information content (AvgIpc) is 3.03.